The smallest absolute Gasteiger partial charge is 0.274 e. The molecule has 0 spiro atoms. The van der Waals surface area contributed by atoms with Crippen molar-refractivity contribution in [2.75, 3.05) is 6.54 Å². The molecule has 0 saturated heterocycles. The third-order valence-corrected chi connectivity index (χ3v) is 3.64. The summed E-state index contributed by atoms with van der Waals surface area (Å²) in [4.78, 5) is 20.1. The molecule has 1 heterocycles. The Morgan fingerprint density at radius 1 is 1.23 bits per heavy atom. The number of aromatic nitrogens is 2. The Morgan fingerprint density at radius 3 is 2.55 bits per heavy atom. The molecule has 1 aliphatic rings. The molecule has 0 radical (unpaired) electrons. The highest BCUT2D eigenvalue weighted by molar-refractivity contribution is 5.95. The van der Waals surface area contributed by atoms with E-state index in [9.17, 15) is 15.0 Å². The minimum atomic E-state index is -0.595. The van der Waals surface area contributed by atoms with E-state index in [0.29, 0.717) is 18.0 Å². The summed E-state index contributed by atoms with van der Waals surface area (Å²) in [6.45, 7) is 2.51. The van der Waals surface area contributed by atoms with E-state index in [1.165, 1.54) is 0 Å². The Balaban J connectivity index is 1.91. The van der Waals surface area contributed by atoms with Gasteiger partial charge < -0.3 is 15.5 Å². The zero-order valence-electron chi connectivity index (χ0n) is 12.2. The van der Waals surface area contributed by atoms with Gasteiger partial charge in [-0.2, -0.15) is 4.98 Å². The summed E-state index contributed by atoms with van der Waals surface area (Å²) < 4.78 is 0. The number of carbonyl (C=O) groups is 1. The Bertz CT molecular complexity index is 709. The van der Waals surface area contributed by atoms with Crippen LogP contribution in [0.5, 0.6) is 11.6 Å². The van der Waals surface area contributed by atoms with Crippen LogP contribution in [0, 0.1) is 12.8 Å². The van der Waals surface area contributed by atoms with Gasteiger partial charge in [0.15, 0.2) is 11.5 Å². The number of benzene rings is 1. The fraction of sp³-hybridized carbons (Fsp3) is 0.312. The van der Waals surface area contributed by atoms with Gasteiger partial charge in [0, 0.05) is 12.1 Å². The number of hydrogen-bond donors (Lipinski definition) is 3. The molecule has 3 N–H and O–H groups in total. The number of hydrogen-bond acceptors (Lipinski definition) is 5. The highest BCUT2D eigenvalue weighted by Gasteiger charge is 2.24. The van der Waals surface area contributed by atoms with Gasteiger partial charge in [0.1, 0.15) is 0 Å². The molecule has 6 nitrogen and oxygen atoms in total. The van der Waals surface area contributed by atoms with Crippen molar-refractivity contribution in [1.29, 1.82) is 0 Å². The first-order valence-corrected chi connectivity index (χ1v) is 7.20. The van der Waals surface area contributed by atoms with Gasteiger partial charge in [0.25, 0.3) is 11.8 Å². The lowest BCUT2D eigenvalue weighted by Crippen LogP contribution is -2.26. The monoisotopic (exact) mass is 299 g/mol. The van der Waals surface area contributed by atoms with Crippen LogP contribution in [0.25, 0.3) is 11.4 Å². The minimum Gasteiger partial charge on any atom is -0.501 e. The zero-order valence-corrected chi connectivity index (χ0v) is 12.2. The molecule has 0 bridgehead atoms. The summed E-state index contributed by atoms with van der Waals surface area (Å²) in [5.74, 6) is -0.980. The van der Waals surface area contributed by atoms with Gasteiger partial charge in [-0.3, -0.25) is 4.79 Å². The number of amides is 1. The third kappa shape index (κ3) is 3.00. The predicted molar refractivity (Wildman–Crippen MR) is 80.6 cm³/mol. The first-order valence-electron chi connectivity index (χ1n) is 7.20. The molecule has 0 aliphatic heterocycles. The van der Waals surface area contributed by atoms with Crippen molar-refractivity contribution in [1.82, 2.24) is 15.3 Å². The van der Waals surface area contributed by atoms with Gasteiger partial charge >= 0.3 is 0 Å². The molecule has 1 aromatic heterocycles. The zero-order chi connectivity index (χ0) is 15.7. The number of aryl methyl sites for hydroxylation is 1. The molecular formula is C16H17N3O3. The molecule has 0 atom stereocenters. The van der Waals surface area contributed by atoms with Crippen molar-refractivity contribution in [3.8, 4) is 23.0 Å². The number of nitrogens with zero attached hydrogens (tertiary/aromatic N) is 2. The molecule has 1 saturated carbocycles. The lowest BCUT2D eigenvalue weighted by atomic mass is 10.1. The molecule has 1 aromatic carbocycles. The molecule has 3 rings (SSSR count). The average Bonchev–Trinajstić information content (AvgIpc) is 3.32. The summed E-state index contributed by atoms with van der Waals surface area (Å²) in [5, 5.41) is 22.3. The van der Waals surface area contributed by atoms with E-state index in [1.807, 2.05) is 19.1 Å². The Hall–Kier alpha value is -2.63. The maximum Gasteiger partial charge on any atom is 0.274 e. The van der Waals surface area contributed by atoms with E-state index >= 15 is 0 Å². The van der Waals surface area contributed by atoms with Crippen molar-refractivity contribution >= 4 is 5.91 Å². The molecule has 1 aliphatic carbocycles. The number of rotatable bonds is 4. The Morgan fingerprint density at radius 2 is 1.91 bits per heavy atom. The van der Waals surface area contributed by atoms with Crippen LogP contribution in [0.4, 0.5) is 0 Å². The van der Waals surface area contributed by atoms with Gasteiger partial charge in [0.05, 0.1) is 0 Å². The van der Waals surface area contributed by atoms with Gasteiger partial charge in [-0.05, 0) is 25.7 Å². The van der Waals surface area contributed by atoms with Crippen LogP contribution < -0.4 is 5.32 Å². The van der Waals surface area contributed by atoms with E-state index in [0.717, 1.165) is 18.4 Å². The molecule has 2 aromatic rings. The van der Waals surface area contributed by atoms with E-state index in [-0.39, 0.29) is 11.5 Å². The van der Waals surface area contributed by atoms with E-state index in [2.05, 4.69) is 15.3 Å². The topological polar surface area (TPSA) is 95.3 Å². The lowest BCUT2D eigenvalue weighted by Gasteiger charge is -2.09. The molecule has 0 unspecified atom stereocenters. The second-order valence-electron chi connectivity index (χ2n) is 5.59. The quantitative estimate of drug-likeness (QED) is 0.802. The van der Waals surface area contributed by atoms with Crippen molar-refractivity contribution < 1.29 is 15.0 Å². The fourth-order valence-electron chi connectivity index (χ4n) is 2.08. The van der Waals surface area contributed by atoms with E-state index in [4.69, 9.17) is 0 Å². The maximum absolute atomic E-state index is 12.1. The van der Waals surface area contributed by atoms with Gasteiger partial charge in [-0.25, -0.2) is 4.98 Å². The van der Waals surface area contributed by atoms with Crippen LogP contribution in [0.15, 0.2) is 24.3 Å². The highest BCUT2D eigenvalue weighted by atomic mass is 16.3. The third-order valence-electron chi connectivity index (χ3n) is 3.64. The van der Waals surface area contributed by atoms with Crippen LogP contribution in [0.1, 0.15) is 28.9 Å². The van der Waals surface area contributed by atoms with Crippen molar-refractivity contribution in [3.05, 3.63) is 35.5 Å². The molecule has 114 valence electrons. The van der Waals surface area contributed by atoms with Crippen LogP contribution in [-0.4, -0.2) is 32.6 Å². The van der Waals surface area contributed by atoms with Gasteiger partial charge in [-0.15, -0.1) is 0 Å². The SMILES string of the molecule is Cc1ccc(-c2nc(O)c(O)c(C(=O)NCC3CC3)n2)cc1. The maximum atomic E-state index is 12.1. The Labute approximate surface area is 127 Å². The van der Waals surface area contributed by atoms with Gasteiger partial charge in [-0.1, -0.05) is 29.8 Å². The average molecular weight is 299 g/mol. The predicted octanol–water partition coefficient (Wildman–Crippen LogP) is 2.00. The molecule has 1 amide bonds. The summed E-state index contributed by atoms with van der Waals surface area (Å²) in [6.07, 6.45) is 2.21. The highest BCUT2D eigenvalue weighted by Crippen LogP contribution is 2.30. The van der Waals surface area contributed by atoms with Crippen molar-refractivity contribution in [2.45, 2.75) is 19.8 Å². The molecular weight excluding hydrogens is 282 g/mol. The summed E-state index contributed by atoms with van der Waals surface area (Å²) in [7, 11) is 0. The first kappa shape index (κ1) is 14.3. The van der Waals surface area contributed by atoms with Crippen LogP contribution in [0.2, 0.25) is 0 Å². The summed E-state index contributed by atoms with van der Waals surface area (Å²) >= 11 is 0. The second kappa shape index (κ2) is 5.63. The number of nitrogens with one attached hydrogen (secondary N) is 1. The minimum absolute atomic E-state index is 0.201. The van der Waals surface area contributed by atoms with E-state index in [1.54, 1.807) is 12.1 Å². The van der Waals surface area contributed by atoms with Crippen LogP contribution in [0.3, 0.4) is 0 Å². The summed E-state index contributed by atoms with van der Waals surface area (Å²) in [6, 6.07) is 7.37. The fourth-order valence-corrected chi connectivity index (χ4v) is 2.08. The Kier molecular flexibility index (Phi) is 3.66. The lowest BCUT2D eigenvalue weighted by molar-refractivity contribution is 0.0942. The van der Waals surface area contributed by atoms with Crippen molar-refractivity contribution in [3.63, 3.8) is 0 Å². The number of aromatic hydroxyl groups is 2. The number of carbonyl (C=O) groups excluding carboxylic acids is 1. The van der Waals surface area contributed by atoms with Gasteiger partial charge in [0.2, 0.25) is 5.75 Å². The van der Waals surface area contributed by atoms with Crippen LogP contribution in [-0.2, 0) is 0 Å². The largest absolute Gasteiger partial charge is 0.501 e. The van der Waals surface area contributed by atoms with E-state index < -0.39 is 17.5 Å². The molecule has 6 heteroatoms. The standard InChI is InChI=1S/C16H17N3O3/c1-9-2-6-11(7-3-9)14-18-12(13(20)16(22)19-14)15(21)17-8-10-4-5-10/h2-3,6-7,10,20H,4-5,8H2,1H3,(H,17,21)(H,18,19,22). The first-order chi connectivity index (χ1) is 10.5. The molecule has 1 fully saturated rings. The van der Waals surface area contributed by atoms with Crippen LogP contribution >= 0.6 is 0 Å². The summed E-state index contributed by atoms with van der Waals surface area (Å²) in [5.41, 5.74) is 1.54. The van der Waals surface area contributed by atoms with Crippen molar-refractivity contribution in [2.24, 2.45) is 5.92 Å². The molecule has 22 heavy (non-hydrogen) atoms. The second-order valence-corrected chi connectivity index (χ2v) is 5.59. The normalized spacial score (nSPS) is 13.9.